The number of halogens is 1. The van der Waals surface area contributed by atoms with Gasteiger partial charge in [-0.2, -0.15) is 0 Å². The summed E-state index contributed by atoms with van der Waals surface area (Å²) in [5, 5.41) is 12.6. The fourth-order valence-corrected chi connectivity index (χ4v) is 23.2. The molecule has 0 unspecified atom stereocenters. The van der Waals surface area contributed by atoms with Crippen molar-refractivity contribution in [1.82, 2.24) is 25.1 Å². The normalized spacial score (nSPS) is 16.1. The Bertz CT molecular complexity index is 6840. The quantitative estimate of drug-likeness (QED) is 0.0698. The molecule has 9 heterocycles. The smallest absolute Gasteiger partial charge is 0.261 e. The van der Waals surface area contributed by atoms with Crippen molar-refractivity contribution in [2.45, 2.75) is 68.1 Å². The van der Waals surface area contributed by atoms with Crippen molar-refractivity contribution in [2.75, 3.05) is 86.5 Å². The minimum atomic E-state index is -3.93. The SMILES string of the molecule is Cc1ccc(NS(=O)(=O)c2ccc(N3CCCCS3(=O)=O)cc2)cc1-c1nccc2ccccc12.O=C(Nc1ccc2cnoc2c1)c1ccc(N2CCCCS2(=O)=O)cc1.O=C(Nc1ccc2ocnc2c1)c1ccc(N2CCCCS2(=O)=O)cc1.O=S(=O)(Nc1ccc(Cl)c(-c2ccc3ncccc3n2)c1)c1ccc(N2CCCCS2(=O)=O)cc1. The number of oxazole rings is 1. The topological polar surface area (TPSA) is 391 Å². The number of aryl methyl sites for hydroxylation is 1. The van der Waals surface area contributed by atoms with Gasteiger partial charge in [0.05, 0.1) is 89.2 Å². The number of benzene rings is 9. The number of fused-ring (bicyclic) bond motifs is 4. The molecule has 4 fully saturated rings. The van der Waals surface area contributed by atoms with Gasteiger partial charge >= 0.3 is 0 Å². The molecule has 14 aromatic rings. The molecular weight excluding hydrogens is 1700 g/mol. The van der Waals surface area contributed by atoms with E-state index in [1.807, 2.05) is 61.5 Å². The van der Waals surface area contributed by atoms with Gasteiger partial charge in [-0.3, -0.25) is 46.2 Å². The van der Waals surface area contributed by atoms with Gasteiger partial charge in [-0.1, -0.05) is 47.1 Å². The highest BCUT2D eigenvalue weighted by Gasteiger charge is 2.31. The number of hydrogen-bond acceptors (Lipinski definition) is 21. The molecular formula is C86H80ClN13O16S6. The number of nitrogens with zero attached hydrogens (tertiary/aromatic N) is 9. The van der Waals surface area contributed by atoms with E-state index in [4.69, 9.17) is 20.5 Å². The van der Waals surface area contributed by atoms with Gasteiger partial charge in [-0.05, 0) is 257 Å². The van der Waals surface area contributed by atoms with E-state index < -0.39 is 60.1 Å². The lowest BCUT2D eigenvalue weighted by atomic mass is 10.00. The molecule has 36 heteroatoms. The molecule has 18 rings (SSSR count). The summed E-state index contributed by atoms with van der Waals surface area (Å²) in [6.45, 7) is 3.71. The van der Waals surface area contributed by atoms with Crippen LogP contribution in [-0.2, 0) is 60.1 Å². The third-order valence-corrected chi connectivity index (χ3v) is 31.3. The Morgan fingerprint density at radius 2 is 0.902 bits per heavy atom. The predicted octanol–water partition coefficient (Wildman–Crippen LogP) is 15.6. The van der Waals surface area contributed by atoms with Crippen LogP contribution in [0.15, 0.2) is 268 Å². The van der Waals surface area contributed by atoms with Crippen LogP contribution in [-0.4, -0.2) is 137 Å². The molecule has 0 spiro atoms. The molecule has 2 amide bonds. The Hall–Kier alpha value is -12.4. The van der Waals surface area contributed by atoms with E-state index in [-0.39, 0.29) is 44.6 Å². The number of rotatable bonds is 16. The molecule has 29 nitrogen and oxygen atoms in total. The Morgan fingerprint density at radius 1 is 0.418 bits per heavy atom. The van der Waals surface area contributed by atoms with Crippen LogP contribution in [0.1, 0.15) is 77.6 Å². The number of pyridine rings is 3. The van der Waals surface area contributed by atoms with Crippen molar-refractivity contribution in [3.05, 3.63) is 271 Å². The highest BCUT2D eigenvalue weighted by molar-refractivity contribution is 7.94. The standard InChI is InChI=1S/C26H25N3O4S2.C24H21ClN4O4S2.2C18H17N3O4S/c1-19-8-9-21(18-25(19)26-24-7-3-2-6-20(24)14-15-27-26)28-35(32,33)23-12-10-22(11-13-23)29-16-4-5-17-34(29,30)31;25-21-10-5-17(16-20(21)22-11-12-23-24(27-22)4-3-13-26-23)28-35(32,33)19-8-6-18(7-9-19)29-14-1-2-15-34(29,30)31;22-18(20-15-6-3-14-12-19-25-17(14)11-15)13-4-7-16(8-5-13)21-9-1-2-10-26(21,23)24;22-18(20-14-5-8-17-16(11-14)19-12-25-17)13-3-6-15(7-4-13)21-9-1-2-10-26(21,23)24/h2-3,6-15,18,28H,4-5,16-17H2,1H3;3-13,16,28H,1-2,14-15H2;2*3-8,11-12H,1-2,9-10H2,(H,20,22). The zero-order valence-electron chi connectivity index (χ0n) is 65.4. The average molecular weight is 1780 g/mol. The lowest BCUT2D eigenvalue weighted by Gasteiger charge is -2.28. The van der Waals surface area contributed by atoms with Gasteiger partial charge in [0.25, 0.3) is 31.9 Å². The zero-order chi connectivity index (χ0) is 85.6. The van der Waals surface area contributed by atoms with Crippen LogP contribution >= 0.6 is 11.6 Å². The maximum absolute atomic E-state index is 13.1. The molecule has 0 bridgehead atoms. The van der Waals surface area contributed by atoms with Crippen LogP contribution in [0.2, 0.25) is 5.02 Å². The summed E-state index contributed by atoms with van der Waals surface area (Å²) < 4.78 is 171. The molecule has 0 saturated carbocycles. The maximum Gasteiger partial charge on any atom is 0.261 e. The predicted molar refractivity (Wildman–Crippen MR) is 475 cm³/mol. The van der Waals surface area contributed by atoms with Gasteiger partial charge in [0.1, 0.15) is 5.52 Å². The number of carbonyl (C=O) groups is 2. The number of anilines is 8. The van der Waals surface area contributed by atoms with Gasteiger partial charge in [0.15, 0.2) is 17.6 Å². The lowest BCUT2D eigenvalue weighted by molar-refractivity contribution is 0.101. The molecule has 4 aliphatic rings. The van der Waals surface area contributed by atoms with E-state index in [0.717, 1.165) is 64.2 Å². The second-order valence-electron chi connectivity index (χ2n) is 29.0. The molecule has 0 aliphatic carbocycles. The van der Waals surface area contributed by atoms with Crippen molar-refractivity contribution < 1.29 is 69.0 Å². The first kappa shape index (κ1) is 84.6. The summed E-state index contributed by atoms with van der Waals surface area (Å²) in [5.41, 5.74) is 12.0. The number of amides is 2. The van der Waals surface area contributed by atoms with Gasteiger partial charge in [-0.15, -0.1) is 0 Å². The molecule has 9 aromatic carbocycles. The Balaban J connectivity index is 0.000000128. The molecule has 0 radical (unpaired) electrons. The van der Waals surface area contributed by atoms with Gasteiger partial charge in [0.2, 0.25) is 40.1 Å². The minimum Gasteiger partial charge on any atom is -0.443 e. The number of carbonyl (C=O) groups excluding carboxylic acids is 2. The van der Waals surface area contributed by atoms with E-state index in [1.54, 1.807) is 140 Å². The van der Waals surface area contributed by atoms with Crippen molar-refractivity contribution in [3.8, 4) is 22.5 Å². The first-order valence-electron chi connectivity index (χ1n) is 38.8. The Kier molecular flexibility index (Phi) is 24.8. The molecule has 4 saturated heterocycles. The van der Waals surface area contributed by atoms with Crippen LogP contribution in [0.4, 0.5) is 45.5 Å². The van der Waals surface area contributed by atoms with Crippen molar-refractivity contribution >= 4 is 173 Å². The summed E-state index contributed by atoms with van der Waals surface area (Å²) in [5.74, 6) is -0.0247. The third kappa shape index (κ3) is 19.5. The summed E-state index contributed by atoms with van der Waals surface area (Å²) >= 11 is 6.40. The third-order valence-electron chi connectivity index (χ3n) is 20.7. The molecule has 628 valence electrons. The van der Waals surface area contributed by atoms with Gasteiger partial charge < -0.3 is 19.6 Å². The largest absolute Gasteiger partial charge is 0.443 e. The monoisotopic (exact) mass is 1780 g/mol. The van der Waals surface area contributed by atoms with E-state index in [1.165, 1.54) is 72.1 Å². The summed E-state index contributed by atoms with van der Waals surface area (Å²) in [7, 11) is -21.1. The van der Waals surface area contributed by atoms with E-state index in [2.05, 4.69) is 45.2 Å². The van der Waals surface area contributed by atoms with Crippen LogP contribution in [0.3, 0.4) is 0 Å². The fourth-order valence-electron chi connectivity index (χ4n) is 14.3. The summed E-state index contributed by atoms with van der Waals surface area (Å²) in [6, 6.07) is 62.7. The molecule has 122 heavy (non-hydrogen) atoms. The first-order chi connectivity index (χ1) is 58.5. The van der Waals surface area contributed by atoms with E-state index in [9.17, 15) is 60.1 Å². The number of aromatic nitrogens is 5. The Morgan fingerprint density at radius 3 is 1.43 bits per heavy atom. The van der Waals surface area contributed by atoms with Crippen LogP contribution < -0.4 is 37.3 Å². The fraction of sp³-hybridized carbons (Fsp3) is 0.198. The lowest BCUT2D eigenvalue weighted by Crippen LogP contribution is -2.37. The number of hydrogen-bond donors (Lipinski definition) is 4. The highest BCUT2D eigenvalue weighted by atomic mass is 35.5. The van der Waals surface area contributed by atoms with Gasteiger partial charge in [0, 0.05) is 100 Å². The highest BCUT2D eigenvalue weighted by Crippen LogP contribution is 2.37. The number of nitrogens with one attached hydrogen (secondary N) is 4. The molecule has 5 aromatic heterocycles. The van der Waals surface area contributed by atoms with Crippen molar-refractivity contribution in [3.63, 3.8) is 0 Å². The van der Waals surface area contributed by atoms with Gasteiger partial charge in [-0.25, -0.2) is 60.5 Å². The van der Waals surface area contributed by atoms with Crippen LogP contribution in [0, 0.1) is 6.92 Å². The molecule has 4 aliphatic heterocycles. The zero-order valence-corrected chi connectivity index (χ0v) is 71.0. The average Bonchev–Trinajstić information content (AvgIpc) is 1.18. The summed E-state index contributed by atoms with van der Waals surface area (Å²) in [6.07, 6.45) is 12.3. The Labute approximate surface area is 710 Å². The van der Waals surface area contributed by atoms with E-state index >= 15 is 0 Å². The van der Waals surface area contributed by atoms with Crippen LogP contribution in [0.5, 0.6) is 0 Å². The second-order valence-corrected chi connectivity index (χ2v) is 40.9. The van der Waals surface area contributed by atoms with Crippen molar-refractivity contribution in [2.24, 2.45) is 0 Å². The maximum atomic E-state index is 13.1. The second kappa shape index (κ2) is 35.7. The van der Waals surface area contributed by atoms with E-state index in [0.29, 0.717) is 147 Å². The molecule has 4 N–H and O–H groups in total. The number of sulfonamides is 6. The van der Waals surface area contributed by atoms with Crippen LogP contribution in [0.25, 0.3) is 66.4 Å². The van der Waals surface area contributed by atoms with Crippen molar-refractivity contribution in [1.29, 1.82) is 0 Å². The minimum absolute atomic E-state index is 0.0158. The first-order valence-corrected chi connectivity index (χ1v) is 48.6. The molecule has 0 atom stereocenters. The summed E-state index contributed by atoms with van der Waals surface area (Å²) in [4.78, 5) is 42.4.